The maximum Gasteiger partial charge on any atom is 0.255 e. The molecule has 2 rings (SSSR count). The molecular formula is C20H22BrNO3. The number of nitrogens with one attached hydrogen (secondary N) is 1. The van der Waals surface area contributed by atoms with Gasteiger partial charge >= 0.3 is 0 Å². The van der Waals surface area contributed by atoms with Gasteiger partial charge in [0.05, 0.1) is 11.1 Å². The Balaban J connectivity index is 1.99. The van der Waals surface area contributed by atoms with Crippen molar-refractivity contribution >= 4 is 27.5 Å². The minimum atomic E-state index is -0.182. The standard InChI is InChI=1S/C20H22BrNO3/c1-4-11-24-19-10-5-15(12-18(19)21)20(23)22-16-6-8-17(9-7-16)25-13-14(2)3/h5-10,12H,2,4,11,13H2,1,3H3,(H,22,23). The summed E-state index contributed by atoms with van der Waals surface area (Å²) < 4.78 is 11.9. The minimum Gasteiger partial charge on any atom is -0.492 e. The molecule has 5 heteroatoms. The lowest BCUT2D eigenvalue weighted by atomic mass is 10.2. The first kappa shape index (κ1) is 19.1. The van der Waals surface area contributed by atoms with E-state index in [1.807, 2.05) is 26.0 Å². The number of carbonyl (C=O) groups excluding carboxylic acids is 1. The lowest BCUT2D eigenvalue weighted by Crippen LogP contribution is -2.12. The molecule has 0 fully saturated rings. The fourth-order valence-corrected chi connectivity index (χ4v) is 2.51. The summed E-state index contributed by atoms with van der Waals surface area (Å²) in [7, 11) is 0. The molecule has 4 nitrogen and oxygen atoms in total. The van der Waals surface area contributed by atoms with Crippen LogP contribution >= 0.6 is 15.9 Å². The van der Waals surface area contributed by atoms with Gasteiger partial charge in [0, 0.05) is 11.3 Å². The summed E-state index contributed by atoms with van der Waals surface area (Å²) in [6.45, 7) is 8.87. The van der Waals surface area contributed by atoms with E-state index < -0.39 is 0 Å². The Morgan fingerprint density at radius 1 is 1.16 bits per heavy atom. The average Bonchev–Trinajstić information content (AvgIpc) is 2.60. The van der Waals surface area contributed by atoms with E-state index in [2.05, 4.69) is 27.8 Å². The van der Waals surface area contributed by atoms with Crippen molar-refractivity contribution in [3.05, 3.63) is 64.7 Å². The van der Waals surface area contributed by atoms with Crippen molar-refractivity contribution in [3.8, 4) is 11.5 Å². The molecule has 2 aromatic carbocycles. The van der Waals surface area contributed by atoms with Gasteiger partial charge in [-0.3, -0.25) is 4.79 Å². The summed E-state index contributed by atoms with van der Waals surface area (Å²) in [5.74, 6) is 1.29. The monoisotopic (exact) mass is 403 g/mol. The van der Waals surface area contributed by atoms with Crippen LogP contribution in [0.25, 0.3) is 0 Å². The third kappa shape index (κ3) is 5.94. The van der Waals surface area contributed by atoms with Crippen molar-refractivity contribution in [1.82, 2.24) is 0 Å². The number of hydrogen-bond donors (Lipinski definition) is 1. The Hall–Kier alpha value is -2.27. The molecule has 0 spiro atoms. The molecular weight excluding hydrogens is 382 g/mol. The first-order valence-electron chi connectivity index (χ1n) is 8.10. The average molecular weight is 404 g/mol. The maximum absolute atomic E-state index is 12.4. The van der Waals surface area contributed by atoms with Gasteiger partial charge in [-0.05, 0) is 77.3 Å². The third-order valence-electron chi connectivity index (χ3n) is 3.25. The van der Waals surface area contributed by atoms with Crippen molar-refractivity contribution in [3.63, 3.8) is 0 Å². The Bertz CT molecular complexity index is 741. The SMILES string of the molecule is C=C(C)COc1ccc(NC(=O)c2ccc(OCCC)c(Br)c2)cc1. The highest BCUT2D eigenvalue weighted by molar-refractivity contribution is 9.10. The van der Waals surface area contributed by atoms with Gasteiger partial charge in [0.15, 0.2) is 0 Å². The van der Waals surface area contributed by atoms with Gasteiger partial charge in [0.1, 0.15) is 18.1 Å². The molecule has 25 heavy (non-hydrogen) atoms. The van der Waals surface area contributed by atoms with E-state index >= 15 is 0 Å². The lowest BCUT2D eigenvalue weighted by Gasteiger charge is -2.10. The van der Waals surface area contributed by atoms with Crippen molar-refractivity contribution in [2.45, 2.75) is 20.3 Å². The molecule has 0 saturated heterocycles. The van der Waals surface area contributed by atoms with Gasteiger partial charge in [-0.1, -0.05) is 13.5 Å². The molecule has 0 aliphatic rings. The van der Waals surface area contributed by atoms with E-state index in [0.29, 0.717) is 24.5 Å². The maximum atomic E-state index is 12.4. The van der Waals surface area contributed by atoms with Gasteiger partial charge in [0.2, 0.25) is 0 Å². The zero-order valence-electron chi connectivity index (χ0n) is 14.5. The number of amides is 1. The molecule has 2 aromatic rings. The zero-order valence-corrected chi connectivity index (χ0v) is 16.1. The molecule has 0 bridgehead atoms. The Morgan fingerprint density at radius 3 is 2.48 bits per heavy atom. The van der Waals surface area contributed by atoms with Crippen molar-refractivity contribution in [2.75, 3.05) is 18.5 Å². The van der Waals surface area contributed by atoms with Crippen molar-refractivity contribution in [1.29, 1.82) is 0 Å². The first-order valence-corrected chi connectivity index (χ1v) is 8.90. The van der Waals surface area contributed by atoms with Crippen molar-refractivity contribution in [2.24, 2.45) is 0 Å². The second-order valence-corrected chi connectivity index (χ2v) is 6.57. The van der Waals surface area contributed by atoms with Gasteiger partial charge in [0.25, 0.3) is 5.91 Å². The van der Waals surface area contributed by atoms with Crippen LogP contribution in [-0.4, -0.2) is 19.1 Å². The molecule has 0 aliphatic carbocycles. The summed E-state index contributed by atoms with van der Waals surface area (Å²) in [5, 5.41) is 2.87. The molecule has 0 atom stereocenters. The number of carbonyl (C=O) groups is 1. The van der Waals surface area contributed by atoms with Crippen LogP contribution in [0, 0.1) is 0 Å². The topological polar surface area (TPSA) is 47.6 Å². The second-order valence-electron chi connectivity index (χ2n) is 5.72. The van der Waals surface area contributed by atoms with Crippen LogP contribution in [0.2, 0.25) is 0 Å². The fraction of sp³-hybridized carbons (Fsp3) is 0.250. The van der Waals surface area contributed by atoms with E-state index in [1.54, 1.807) is 30.3 Å². The Labute approximate surface area is 157 Å². The molecule has 0 unspecified atom stereocenters. The van der Waals surface area contributed by atoms with Gasteiger partial charge in [-0.15, -0.1) is 0 Å². The van der Waals surface area contributed by atoms with Gasteiger partial charge in [-0.2, -0.15) is 0 Å². The Kier molecular flexibility index (Phi) is 7.07. The minimum absolute atomic E-state index is 0.182. The number of ether oxygens (including phenoxy) is 2. The summed E-state index contributed by atoms with van der Waals surface area (Å²) in [5.41, 5.74) is 2.21. The molecule has 0 heterocycles. The molecule has 132 valence electrons. The molecule has 0 radical (unpaired) electrons. The number of anilines is 1. The van der Waals surface area contributed by atoms with E-state index in [9.17, 15) is 4.79 Å². The smallest absolute Gasteiger partial charge is 0.255 e. The lowest BCUT2D eigenvalue weighted by molar-refractivity contribution is 0.102. The molecule has 0 saturated carbocycles. The van der Waals surface area contributed by atoms with Crippen molar-refractivity contribution < 1.29 is 14.3 Å². The summed E-state index contributed by atoms with van der Waals surface area (Å²) in [6, 6.07) is 12.5. The van der Waals surface area contributed by atoms with E-state index in [-0.39, 0.29) is 5.91 Å². The second kappa shape index (κ2) is 9.28. The summed E-state index contributed by atoms with van der Waals surface area (Å²) >= 11 is 3.44. The highest BCUT2D eigenvalue weighted by Crippen LogP contribution is 2.26. The highest BCUT2D eigenvalue weighted by Gasteiger charge is 2.10. The van der Waals surface area contributed by atoms with Crippen LogP contribution in [-0.2, 0) is 0 Å². The molecule has 0 aromatic heterocycles. The third-order valence-corrected chi connectivity index (χ3v) is 3.87. The molecule has 1 amide bonds. The van der Waals surface area contributed by atoms with E-state index in [4.69, 9.17) is 9.47 Å². The predicted octanol–water partition coefficient (Wildman–Crippen LogP) is 5.45. The normalized spacial score (nSPS) is 10.2. The quantitative estimate of drug-likeness (QED) is 0.596. The van der Waals surface area contributed by atoms with Crippen LogP contribution in [0.4, 0.5) is 5.69 Å². The predicted molar refractivity (Wildman–Crippen MR) is 105 cm³/mol. The van der Waals surface area contributed by atoms with E-state index in [0.717, 1.165) is 28.0 Å². The van der Waals surface area contributed by atoms with Crippen LogP contribution < -0.4 is 14.8 Å². The van der Waals surface area contributed by atoms with Gasteiger partial charge < -0.3 is 14.8 Å². The number of rotatable bonds is 8. The first-order chi connectivity index (χ1) is 12.0. The van der Waals surface area contributed by atoms with Gasteiger partial charge in [-0.25, -0.2) is 0 Å². The zero-order chi connectivity index (χ0) is 18.2. The van der Waals surface area contributed by atoms with E-state index in [1.165, 1.54) is 0 Å². The van der Waals surface area contributed by atoms with Crippen LogP contribution in [0.15, 0.2) is 59.1 Å². The summed E-state index contributed by atoms with van der Waals surface area (Å²) in [6.07, 6.45) is 0.931. The van der Waals surface area contributed by atoms with Crippen LogP contribution in [0.3, 0.4) is 0 Å². The Morgan fingerprint density at radius 2 is 1.88 bits per heavy atom. The number of hydrogen-bond acceptors (Lipinski definition) is 3. The fourth-order valence-electron chi connectivity index (χ4n) is 2.02. The summed E-state index contributed by atoms with van der Waals surface area (Å²) in [4.78, 5) is 12.4. The molecule has 0 aliphatic heterocycles. The number of benzene rings is 2. The van der Waals surface area contributed by atoms with Crippen LogP contribution in [0.5, 0.6) is 11.5 Å². The molecule has 1 N–H and O–H groups in total. The number of halogens is 1. The van der Waals surface area contributed by atoms with Crippen LogP contribution in [0.1, 0.15) is 30.6 Å². The highest BCUT2D eigenvalue weighted by atomic mass is 79.9. The largest absolute Gasteiger partial charge is 0.492 e.